The van der Waals surface area contributed by atoms with E-state index >= 15 is 0 Å². The Labute approximate surface area is 245 Å². The van der Waals surface area contributed by atoms with Crippen LogP contribution in [0.3, 0.4) is 0 Å². The first-order valence-electron chi connectivity index (χ1n) is 14.1. The van der Waals surface area contributed by atoms with Crippen LogP contribution >= 0.6 is 0 Å². The van der Waals surface area contributed by atoms with Gasteiger partial charge in [0, 0.05) is 38.1 Å². The van der Waals surface area contributed by atoms with Gasteiger partial charge in [-0.05, 0) is 62.4 Å². The van der Waals surface area contributed by atoms with Crippen molar-refractivity contribution in [2.75, 3.05) is 39.5 Å². The molecule has 228 valence electrons. The van der Waals surface area contributed by atoms with E-state index in [1.807, 2.05) is 12.1 Å². The molecular weight excluding hydrogens is 584 g/mol. The van der Waals surface area contributed by atoms with Crippen LogP contribution in [0.5, 0.6) is 5.75 Å². The maximum atomic E-state index is 13.2. The molecule has 12 nitrogen and oxygen atoms in total. The number of rotatable bonds is 11. The molecule has 42 heavy (non-hydrogen) atoms. The van der Waals surface area contributed by atoms with Crippen LogP contribution in [0.25, 0.3) is 5.65 Å². The molecule has 3 fully saturated rings. The summed E-state index contributed by atoms with van der Waals surface area (Å²) in [5.41, 5.74) is 0.277. The fraction of sp³-hybridized carbons (Fsp3) is 0.536. The minimum Gasteiger partial charge on any atom is -0.491 e. The summed E-state index contributed by atoms with van der Waals surface area (Å²) >= 11 is 0. The maximum absolute atomic E-state index is 13.2. The summed E-state index contributed by atoms with van der Waals surface area (Å²) in [6, 6.07) is 9.77. The lowest BCUT2D eigenvalue weighted by Crippen LogP contribution is -2.47. The van der Waals surface area contributed by atoms with Gasteiger partial charge in [0.05, 0.1) is 34.7 Å². The number of fused-ring (bicyclic) bond motifs is 1. The first-order valence-corrected chi connectivity index (χ1v) is 17.0. The van der Waals surface area contributed by atoms with E-state index in [1.165, 1.54) is 22.6 Å². The molecular formula is C28H36N4O8S2. The van der Waals surface area contributed by atoms with Crippen molar-refractivity contribution < 1.29 is 36.5 Å². The molecule has 2 atom stereocenters. The predicted octanol–water partition coefficient (Wildman–Crippen LogP) is 0.975. The van der Waals surface area contributed by atoms with Crippen LogP contribution < -0.4 is 10.1 Å². The highest BCUT2D eigenvalue weighted by atomic mass is 32.2. The predicted molar refractivity (Wildman–Crippen MR) is 152 cm³/mol. The molecule has 1 aliphatic carbocycles. The number of sulfonamides is 1. The molecule has 0 amide bonds. The van der Waals surface area contributed by atoms with Crippen molar-refractivity contribution in [2.24, 2.45) is 0 Å². The quantitative estimate of drug-likeness (QED) is 0.282. The molecule has 6 rings (SSSR count). The maximum Gasteiger partial charge on any atom is 0.246 e. The minimum absolute atomic E-state index is 0.00448. The number of aliphatic hydroxyl groups excluding tert-OH is 2. The molecule has 3 N–H and O–H groups in total. The summed E-state index contributed by atoms with van der Waals surface area (Å²) in [5.74, 6) is 0.331. The van der Waals surface area contributed by atoms with Gasteiger partial charge in [-0.25, -0.2) is 21.8 Å². The molecule has 2 saturated heterocycles. The third-order valence-electron chi connectivity index (χ3n) is 8.69. The molecule has 1 aromatic carbocycles. The van der Waals surface area contributed by atoms with Crippen molar-refractivity contribution in [2.45, 2.75) is 64.4 Å². The highest BCUT2D eigenvalue weighted by Crippen LogP contribution is 2.46. The number of ether oxygens (including phenoxy) is 2. The lowest BCUT2D eigenvalue weighted by molar-refractivity contribution is -0.0312. The van der Waals surface area contributed by atoms with E-state index in [1.54, 1.807) is 28.9 Å². The summed E-state index contributed by atoms with van der Waals surface area (Å²) < 4.78 is 66.1. The van der Waals surface area contributed by atoms with Crippen LogP contribution in [0.1, 0.15) is 32.1 Å². The summed E-state index contributed by atoms with van der Waals surface area (Å²) in [5, 5.41) is 23.4. The number of piperidine rings is 1. The van der Waals surface area contributed by atoms with Crippen molar-refractivity contribution in [1.29, 1.82) is 0 Å². The second-order valence-corrected chi connectivity index (χ2v) is 15.8. The zero-order chi connectivity index (χ0) is 29.6. The summed E-state index contributed by atoms with van der Waals surface area (Å²) in [6.07, 6.45) is 6.64. The van der Waals surface area contributed by atoms with Gasteiger partial charge < -0.3 is 29.4 Å². The Morgan fingerprint density at radius 3 is 2.62 bits per heavy atom. The molecule has 0 radical (unpaired) electrons. The fourth-order valence-corrected chi connectivity index (χ4v) is 9.06. The van der Waals surface area contributed by atoms with Gasteiger partial charge >= 0.3 is 0 Å². The van der Waals surface area contributed by atoms with E-state index in [9.17, 15) is 27.0 Å². The second kappa shape index (κ2) is 11.2. The number of hydrogen-bond donors (Lipinski definition) is 3. The van der Waals surface area contributed by atoms with Crippen molar-refractivity contribution in [3.63, 3.8) is 0 Å². The number of aromatic nitrogens is 2. The van der Waals surface area contributed by atoms with Crippen LogP contribution in [-0.4, -0.2) is 103 Å². The first kappa shape index (κ1) is 29.5. The topological polar surface area (TPSA) is 160 Å². The Balaban J connectivity index is 0.967. The highest BCUT2D eigenvalue weighted by molar-refractivity contribution is 7.93. The number of aliphatic hydroxyl groups is 2. The van der Waals surface area contributed by atoms with Gasteiger partial charge in [0.15, 0.2) is 9.84 Å². The number of nitrogens with one attached hydrogen (secondary N) is 1. The van der Waals surface area contributed by atoms with Gasteiger partial charge in [0.25, 0.3) is 0 Å². The van der Waals surface area contributed by atoms with Crippen LogP contribution in [0.4, 0.5) is 0 Å². The zero-order valence-electron chi connectivity index (χ0n) is 23.1. The lowest BCUT2D eigenvalue weighted by Gasteiger charge is -2.38. The Kier molecular flexibility index (Phi) is 7.83. The molecule has 2 aliphatic heterocycles. The normalized spacial score (nSPS) is 22.9. The van der Waals surface area contributed by atoms with E-state index in [-0.39, 0.29) is 29.0 Å². The largest absolute Gasteiger partial charge is 0.491 e. The van der Waals surface area contributed by atoms with Gasteiger partial charge in [-0.15, -0.1) is 0 Å². The standard InChI is InChI=1S/C28H36N4O8S2/c33-20-28(6-7-28)41(35,36)24-4-1-3-23(13-24)39-19-22(34)15-29-21-14-27(40-18-21)8-11-32(12-9-27)42(37,38)25-16-30-26-5-2-10-31(26)17-25/h1-5,10,13,16-17,21-22,29,33-34H,6-9,11-12,14-15,18-20H2/t21-,22?/m1/s1. The van der Waals surface area contributed by atoms with Crippen LogP contribution in [-0.2, 0) is 24.6 Å². The van der Waals surface area contributed by atoms with Crippen LogP contribution in [0.15, 0.2) is 64.8 Å². The average molecular weight is 621 g/mol. The van der Waals surface area contributed by atoms with Gasteiger partial charge in [-0.1, -0.05) is 6.07 Å². The Hall–Kier alpha value is -2.59. The molecule has 1 saturated carbocycles. The molecule has 1 unspecified atom stereocenters. The summed E-state index contributed by atoms with van der Waals surface area (Å²) in [6.45, 7) is 0.980. The Morgan fingerprint density at radius 2 is 1.88 bits per heavy atom. The van der Waals surface area contributed by atoms with Crippen molar-refractivity contribution >= 4 is 25.5 Å². The van der Waals surface area contributed by atoms with E-state index in [0.717, 1.165) is 0 Å². The lowest BCUT2D eigenvalue weighted by atomic mass is 9.88. The van der Waals surface area contributed by atoms with E-state index in [4.69, 9.17) is 9.47 Å². The van der Waals surface area contributed by atoms with Crippen LogP contribution in [0.2, 0.25) is 0 Å². The monoisotopic (exact) mass is 620 g/mol. The van der Waals surface area contributed by atoms with Gasteiger partial charge in [0.2, 0.25) is 10.0 Å². The van der Waals surface area contributed by atoms with Gasteiger partial charge in [-0.3, -0.25) is 0 Å². The van der Waals surface area contributed by atoms with E-state index in [0.29, 0.717) is 63.2 Å². The molecule has 3 aliphatic rings. The van der Waals surface area contributed by atoms with Gasteiger partial charge in [-0.2, -0.15) is 4.31 Å². The molecule has 14 heteroatoms. The zero-order valence-corrected chi connectivity index (χ0v) is 24.8. The number of sulfone groups is 1. The van der Waals surface area contributed by atoms with E-state index in [2.05, 4.69) is 10.3 Å². The smallest absolute Gasteiger partial charge is 0.246 e. The third kappa shape index (κ3) is 5.56. The molecule has 2 aromatic heterocycles. The average Bonchev–Trinajstić information content (AvgIpc) is 3.51. The molecule has 4 heterocycles. The first-order chi connectivity index (χ1) is 20.1. The number of nitrogens with zero attached hydrogens (tertiary/aromatic N) is 3. The second-order valence-electron chi connectivity index (χ2n) is 11.6. The van der Waals surface area contributed by atoms with Crippen molar-refractivity contribution in [3.8, 4) is 5.75 Å². The van der Waals surface area contributed by atoms with E-state index < -0.39 is 42.9 Å². The number of hydrogen-bond acceptors (Lipinski definition) is 10. The third-order valence-corrected chi connectivity index (χ3v) is 13.1. The minimum atomic E-state index is -3.67. The van der Waals surface area contributed by atoms with Crippen LogP contribution in [0, 0.1) is 0 Å². The molecule has 3 aromatic rings. The fourth-order valence-electron chi connectivity index (χ4n) is 5.83. The summed E-state index contributed by atoms with van der Waals surface area (Å²) in [4.78, 5) is 4.50. The van der Waals surface area contributed by atoms with Crippen molar-refractivity contribution in [1.82, 2.24) is 19.0 Å². The highest BCUT2D eigenvalue weighted by Gasteiger charge is 2.54. The van der Waals surface area contributed by atoms with Crippen molar-refractivity contribution in [3.05, 3.63) is 55.0 Å². The Morgan fingerprint density at radius 1 is 1.10 bits per heavy atom. The Bertz CT molecular complexity index is 1650. The molecule has 0 bridgehead atoms. The SMILES string of the molecule is O=S(=O)(c1cnc2cccn2c1)N1CCC2(CC1)C[C@@H](NCC(O)COc1cccc(S(=O)(=O)C3(CO)CC3)c1)CO2. The van der Waals surface area contributed by atoms with Gasteiger partial charge in [0.1, 0.15) is 29.0 Å². The number of benzene rings is 1. The molecule has 1 spiro atoms. The summed E-state index contributed by atoms with van der Waals surface area (Å²) in [7, 11) is -7.34.